The minimum Gasteiger partial charge on any atom is -0.493 e. The highest BCUT2D eigenvalue weighted by atomic mass is 16.7. The van der Waals surface area contributed by atoms with Gasteiger partial charge in [-0.05, 0) is 35.4 Å². The van der Waals surface area contributed by atoms with Gasteiger partial charge in [-0.1, -0.05) is 12.1 Å². The fourth-order valence-electron chi connectivity index (χ4n) is 4.15. The highest BCUT2D eigenvalue weighted by molar-refractivity contribution is 5.78. The van der Waals surface area contributed by atoms with E-state index in [1.165, 1.54) is 0 Å². The van der Waals surface area contributed by atoms with Gasteiger partial charge >= 0.3 is 5.97 Å². The summed E-state index contributed by atoms with van der Waals surface area (Å²) in [6.07, 6.45) is 1.77. The molecule has 2 aromatic rings. The van der Waals surface area contributed by atoms with Crippen LogP contribution in [-0.2, 0) is 9.53 Å². The standard InChI is InChI=1S/C23H24O7/c1-5-13-11-28-23(24)21(13)20(14-6-7-16-17(8-14)30-12-29-16)15-9-18(25-2)22(27-4)19(10-15)26-3/h5-10,13,20-21H,1,11-12H2,2-4H3/t13-,20-,21-/m0/s1. The Morgan fingerprint density at radius 3 is 2.30 bits per heavy atom. The first-order valence-electron chi connectivity index (χ1n) is 9.59. The van der Waals surface area contributed by atoms with Crippen molar-refractivity contribution in [1.29, 1.82) is 0 Å². The molecule has 0 aliphatic carbocycles. The van der Waals surface area contributed by atoms with Gasteiger partial charge in [0.15, 0.2) is 23.0 Å². The molecule has 0 bridgehead atoms. The molecule has 1 saturated heterocycles. The van der Waals surface area contributed by atoms with Crippen molar-refractivity contribution in [2.75, 3.05) is 34.7 Å². The molecule has 0 amide bonds. The molecule has 3 atom stereocenters. The zero-order valence-electron chi connectivity index (χ0n) is 17.2. The number of hydrogen-bond acceptors (Lipinski definition) is 7. The van der Waals surface area contributed by atoms with Gasteiger partial charge in [-0.25, -0.2) is 0 Å². The summed E-state index contributed by atoms with van der Waals surface area (Å²) in [5.41, 5.74) is 1.73. The lowest BCUT2D eigenvalue weighted by molar-refractivity contribution is -0.141. The van der Waals surface area contributed by atoms with Gasteiger partial charge in [-0.3, -0.25) is 4.79 Å². The van der Waals surface area contributed by atoms with E-state index < -0.39 is 5.92 Å². The first kappa shape index (κ1) is 19.9. The van der Waals surface area contributed by atoms with E-state index in [4.69, 9.17) is 28.4 Å². The van der Waals surface area contributed by atoms with Crippen LogP contribution in [0.15, 0.2) is 43.0 Å². The normalized spacial score (nSPS) is 20.4. The number of fused-ring (bicyclic) bond motifs is 1. The van der Waals surface area contributed by atoms with E-state index in [1.54, 1.807) is 27.4 Å². The molecule has 0 radical (unpaired) electrons. The number of rotatable bonds is 7. The van der Waals surface area contributed by atoms with E-state index in [0.717, 1.165) is 11.1 Å². The Labute approximate surface area is 175 Å². The summed E-state index contributed by atoms with van der Waals surface area (Å²) < 4.78 is 32.9. The second-order valence-electron chi connectivity index (χ2n) is 7.10. The molecule has 0 aromatic heterocycles. The maximum atomic E-state index is 12.8. The van der Waals surface area contributed by atoms with Crippen molar-refractivity contribution in [1.82, 2.24) is 0 Å². The molecule has 7 nitrogen and oxygen atoms in total. The number of carbonyl (C=O) groups is 1. The Kier molecular flexibility index (Phi) is 5.44. The lowest BCUT2D eigenvalue weighted by Crippen LogP contribution is -2.24. The summed E-state index contributed by atoms with van der Waals surface area (Å²) in [5, 5.41) is 0. The lowest BCUT2D eigenvalue weighted by atomic mass is 9.75. The van der Waals surface area contributed by atoms with Crippen LogP contribution in [0.2, 0.25) is 0 Å². The molecule has 2 aliphatic rings. The van der Waals surface area contributed by atoms with Crippen molar-refractivity contribution in [2.24, 2.45) is 11.8 Å². The molecular weight excluding hydrogens is 388 g/mol. The maximum absolute atomic E-state index is 12.8. The maximum Gasteiger partial charge on any atom is 0.310 e. The largest absolute Gasteiger partial charge is 0.493 e. The van der Waals surface area contributed by atoms with Crippen LogP contribution in [0.4, 0.5) is 0 Å². The zero-order valence-corrected chi connectivity index (χ0v) is 17.2. The van der Waals surface area contributed by atoms with Gasteiger partial charge in [0.05, 0.1) is 33.9 Å². The Balaban J connectivity index is 1.90. The fourth-order valence-corrected chi connectivity index (χ4v) is 4.15. The van der Waals surface area contributed by atoms with Gasteiger partial charge in [0, 0.05) is 11.8 Å². The number of benzene rings is 2. The molecule has 158 valence electrons. The third-order valence-electron chi connectivity index (χ3n) is 5.62. The van der Waals surface area contributed by atoms with Crippen LogP contribution in [0.25, 0.3) is 0 Å². The average Bonchev–Trinajstić information content (AvgIpc) is 3.39. The van der Waals surface area contributed by atoms with Crippen LogP contribution >= 0.6 is 0 Å². The first-order valence-corrected chi connectivity index (χ1v) is 9.59. The van der Waals surface area contributed by atoms with Crippen molar-refractivity contribution in [3.63, 3.8) is 0 Å². The average molecular weight is 412 g/mol. The molecule has 2 aromatic carbocycles. The van der Waals surface area contributed by atoms with Crippen molar-refractivity contribution in [2.45, 2.75) is 5.92 Å². The number of ether oxygens (including phenoxy) is 6. The van der Waals surface area contributed by atoms with E-state index in [1.807, 2.05) is 30.3 Å². The van der Waals surface area contributed by atoms with Crippen LogP contribution in [0.3, 0.4) is 0 Å². The van der Waals surface area contributed by atoms with Crippen molar-refractivity contribution in [3.05, 3.63) is 54.1 Å². The van der Waals surface area contributed by atoms with Gasteiger partial charge in [-0.15, -0.1) is 6.58 Å². The smallest absolute Gasteiger partial charge is 0.310 e. The molecule has 2 heterocycles. The molecule has 4 rings (SSSR count). The van der Waals surface area contributed by atoms with E-state index in [2.05, 4.69) is 6.58 Å². The summed E-state index contributed by atoms with van der Waals surface area (Å²) >= 11 is 0. The van der Waals surface area contributed by atoms with E-state index in [0.29, 0.717) is 35.4 Å². The topological polar surface area (TPSA) is 72.5 Å². The lowest BCUT2D eigenvalue weighted by Gasteiger charge is -2.26. The number of cyclic esters (lactones) is 1. The summed E-state index contributed by atoms with van der Waals surface area (Å²) in [7, 11) is 4.68. The Hall–Kier alpha value is -3.35. The second-order valence-corrected chi connectivity index (χ2v) is 7.10. The predicted molar refractivity (Wildman–Crippen MR) is 109 cm³/mol. The van der Waals surface area contributed by atoms with Gasteiger partial charge < -0.3 is 28.4 Å². The Morgan fingerprint density at radius 1 is 0.967 bits per heavy atom. The number of methoxy groups -OCH3 is 3. The van der Waals surface area contributed by atoms with Crippen molar-refractivity contribution >= 4 is 5.97 Å². The molecule has 7 heteroatoms. The summed E-state index contributed by atoms with van der Waals surface area (Å²) in [5.74, 6) is 1.64. The Bertz CT molecular complexity index is 943. The third-order valence-corrected chi connectivity index (χ3v) is 5.62. The molecule has 0 spiro atoms. The van der Waals surface area contributed by atoms with Gasteiger partial charge in [0.25, 0.3) is 0 Å². The van der Waals surface area contributed by atoms with Crippen LogP contribution < -0.4 is 23.7 Å². The molecule has 0 saturated carbocycles. The van der Waals surface area contributed by atoms with Crippen LogP contribution in [0, 0.1) is 11.8 Å². The minimum atomic E-state index is -0.453. The quantitative estimate of drug-likeness (QED) is 0.509. The Morgan fingerprint density at radius 2 is 1.67 bits per heavy atom. The van der Waals surface area contributed by atoms with Crippen LogP contribution in [0.5, 0.6) is 28.7 Å². The second kappa shape index (κ2) is 8.18. The molecule has 0 unspecified atom stereocenters. The molecule has 1 fully saturated rings. The van der Waals surface area contributed by atoms with Gasteiger partial charge in [0.1, 0.15) is 0 Å². The van der Waals surface area contributed by atoms with Gasteiger partial charge in [-0.2, -0.15) is 0 Å². The number of carbonyl (C=O) groups excluding carboxylic acids is 1. The summed E-state index contributed by atoms with van der Waals surface area (Å²) in [6, 6.07) is 9.42. The molecule has 2 aliphatic heterocycles. The molecule has 0 N–H and O–H groups in total. The highest BCUT2D eigenvalue weighted by Gasteiger charge is 2.43. The molecule has 30 heavy (non-hydrogen) atoms. The number of esters is 1. The highest BCUT2D eigenvalue weighted by Crippen LogP contribution is 2.47. The van der Waals surface area contributed by atoms with E-state index in [9.17, 15) is 4.79 Å². The van der Waals surface area contributed by atoms with Crippen molar-refractivity contribution < 1.29 is 33.2 Å². The van der Waals surface area contributed by atoms with Crippen LogP contribution in [-0.4, -0.2) is 40.7 Å². The first-order chi connectivity index (χ1) is 14.6. The van der Waals surface area contributed by atoms with Crippen molar-refractivity contribution in [3.8, 4) is 28.7 Å². The number of hydrogen-bond donors (Lipinski definition) is 0. The summed E-state index contributed by atoms with van der Waals surface area (Å²) in [4.78, 5) is 12.8. The summed E-state index contributed by atoms with van der Waals surface area (Å²) in [6.45, 7) is 4.38. The SMILES string of the molecule is C=C[C@H]1COC(=O)[C@@H]1[C@@H](c1ccc2c(c1)OCO2)c1cc(OC)c(OC)c(OC)c1. The van der Waals surface area contributed by atoms with Crippen LogP contribution in [0.1, 0.15) is 17.0 Å². The minimum absolute atomic E-state index is 0.132. The third kappa shape index (κ3) is 3.30. The van der Waals surface area contributed by atoms with Gasteiger partial charge in [0.2, 0.25) is 12.5 Å². The predicted octanol–water partition coefficient (Wildman–Crippen LogP) is 3.55. The van der Waals surface area contributed by atoms with E-state index >= 15 is 0 Å². The zero-order chi connectivity index (χ0) is 21.3. The fraction of sp³-hybridized carbons (Fsp3) is 0.348. The molecular formula is C23H24O7. The monoisotopic (exact) mass is 412 g/mol. The van der Waals surface area contributed by atoms with E-state index in [-0.39, 0.29) is 24.6 Å².